The van der Waals surface area contributed by atoms with E-state index < -0.39 is 18.4 Å². The van der Waals surface area contributed by atoms with Crippen LogP contribution < -0.4 is 5.73 Å². The molecule has 4 heterocycles. The molecule has 1 fully saturated rings. The number of fused-ring (bicyclic) bond motifs is 1. The zero-order chi connectivity index (χ0) is 16.0. The van der Waals surface area contributed by atoms with Crippen molar-refractivity contribution in [3.8, 4) is 11.3 Å². The van der Waals surface area contributed by atoms with Crippen molar-refractivity contribution in [3.05, 3.63) is 30.9 Å². The highest BCUT2D eigenvalue weighted by Crippen LogP contribution is 2.38. The first-order valence-corrected chi connectivity index (χ1v) is 7.28. The second-order valence-corrected chi connectivity index (χ2v) is 5.50. The number of aromatic nitrogens is 3. The molecular formula is C15H16N4O4. The maximum absolute atomic E-state index is 9.96. The summed E-state index contributed by atoms with van der Waals surface area (Å²) in [5.41, 5.74) is 7.37. The van der Waals surface area contributed by atoms with Crippen molar-refractivity contribution in [2.45, 2.75) is 24.9 Å². The maximum Gasteiger partial charge on any atom is 0.148 e. The van der Waals surface area contributed by atoms with E-state index in [1.807, 2.05) is 12.3 Å². The first-order chi connectivity index (χ1) is 11.2. The number of anilines is 1. The molecule has 3 aromatic rings. The van der Waals surface area contributed by atoms with E-state index in [4.69, 9.17) is 14.9 Å². The minimum absolute atomic E-state index is 0.237. The van der Waals surface area contributed by atoms with Gasteiger partial charge < -0.3 is 29.7 Å². The third kappa shape index (κ3) is 2.19. The van der Waals surface area contributed by atoms with E-state index in [-0.39, 0.29) is 6.61 Å². The lowest BCUT2D eigenvalue weighted by molar-refractivity contribution is -0.0430. The number of hydrogen-bond donors (Lipinski definition) is 3. The number of aliphatic hydroxyl groups excluding tert-OH is 2. The van der Waals surface area contributed by atoms with Crippen molar-refractivity contribution in [2.75, 3.05) is 12.3 Å². The molecule has 3 aromatic heterocycles. The summed E-state index contributed by atoms with van der Waals surface area (Å²) in [4.78, 5) is 8.34. The molecule has 1 saturated heterocycles. The topological polar surface area (TPSA) is 120 Å². The van der Waals surface area contributed by atoms with Gasteiger partial charge in [0.1, 0.15) is 35.9 Å². The highest BCUT2D eigenvalue weighted by molar-refractivity contribution is 5.99. The average Bonchev–Trinajstić information content (AvgIpc) is 3.24. The lowest BCUT2D eigenvalue weighted by atomic mass is 10.2. The van der Waals surface area contributed by atoms with Crippen molar-refractivity contribution < 1.29 is 19.4 Å². The van der Waals surface area contributed by atoms with Crippen LogP contribution in [0.15, 0.2) is 35.3 Å². The summed E-state index contributed by atoms with van der Waals surface area (Å²) < 4.78 is 13.0. The molecule has 1 aliphatic heterocycles. The van der Waals surface area contributed by atoms with E-state index in [0.29, 0.717) is 29.0 Å². The van der Waals surface area contributed by atoms with Crippen LogP contribution >= 0.6 is 0 Å². The quantitative estimate of drug-likeness (QED) is 0.657. The third-order valence-corrected chi connectivity index (χ3v) is 4.12. The molecule has 0 radical (unpaired) electrons. The molecule has 8 nitrogen and oxygen atoms in total. The van der Waals surface area contributed by atoms with Crippen LogP contribution in [0.1, 0.15) is 12.6 Å². The highest BCUT2D eigenvalue weighted by atomic mass is 16.5. The standard InChI is InChI=1S/C15H16N4O4/c16-14-13-8(10-2-1-3-22-10)5-19(15(13)18-7-17-14)12-4-9(21)11(6-20)23-12/h1-3,5,7,9,11-12,20-21H,4,6H2,(H2,16,17,18)/t9-,11+,12+/m0/s1. The highest BCUT2D eigenvalue weighted by Gasteiger charge is 2.35. The Morgan fingerprint density at radius 1 is 1.39 bits per heavy atom. The van der Waals surface area contributed by atoms with Gasteiger partial charge in [-0.25, -0.2) is 9.97 Å². The van der Waals surface area contributed by atoms with E-state index in [2.05, 4.69) is 9.97 Å². The first-order valence-electron chi connectivity index (χ1n) is 7.28. The van der Waals surface area contributed by atoms with Crippen LogP contribution in [0.3, 0.4) is 0 Å². The van der Waals surface area contributed by atoms with Gasteiger partial charge in [0, 0.05) is 18.2 Å². The van der Waals surface area contributed by atoms with Crippen LogP contribution in [-0.4, -0.2) is 43.6 Å². The summed E-state index contributed by atoms with van der Waals surface area (Å²) in [7, 11) is 0. The summed E-state index contributed by atoms with van der Waals surface area (Å²) >= 11 is 0. The largest absolute Gasteiger partial charge is 0.464 e. The molecule has 8 heteroatoms. The van der Waals surface area contributed by atoms with E-state index in [9.17, 15) is 10.2 Å². The van der Waals surface area contributed by atoms with E-state index in [1.54, 1.807) is 16.9 Å². The van der Waals surface area contributed by atoms with Crippen molar-refractivity contribution in [1.82, 2.24) is 14.5 Å². The SMILES string of the molecule is Nc1ncnc2c1c(-c1ccco1)cn2[C@H]1C[C@H](O)[C@@H](CO)O1. The average molecular weight is 316 g/mol. The lowest BCUT2D eigenvalue weighted by Crippen LogP contribution is -2.24. The summed E-state index contributed by atoms with van der Waals surface area (Å²) in [5, 5.41) is 19.9. The molecule has 23 heavy (non-hydrogen) atoms. The smallest absolute Gasteiger partial charge is 0.148 e. The van der Waals surface area contributed by atoms with Gasteiger partial charge in [-0.1, -0.05) is 0 Å². The predicted octanol–water partition coefficient (Wildman–Crippen LogP) is 0.914. The van der Waals surface area contributed by atoms with Crippen LogP contribution in [0, 0.1) is 0 Å². The molecule has 0 spiro atoms. The normalized spacial score (nSPS) is 24.5. The molecule has 0 saturated carbocycles. The minimum atomic E-state index is -0.728. The van der Waals surface area contributed by atoms with Crippen LogP contribution in [-0.2, 0) is 4.74 Å². The Hall–Kier alpha value is -2.42. The Morgan fingerprint density at radius 2 is 2.26 bits per heavy atom. The van der Waals surface area contributed by atoms with Crippen molar-refractivity contribution in [3.63, 3.8) is 0 Å². The van der Waals surface area contributed by atoms with E-state index in [0.717, 1.165) is 5.56 Å². The monoisotopic (exact) mass is 316 g/mol. The number of nitrogens with zero attached hydrogens (tertiary/aromatic N) is 3. The number of nitrogens with two attached hydrogens (primary N) is 1. The van der Waals surface area contributed by atoms with Crippen LogP contribution in [0.5, 0.6) is 0 Å². The lowest BCUT2D eigenvalue weighted by Gasteiger charge is -2.14. The fourth-order valence-electron chi connectivity index (χ4n) is 3.00. The Morgan fingerprint density at radius 3 is 2.96 bits per heavy atom. The zero-order valence-corrected chi connectivity index (χ0v) is 12.2. The van der Waals surface area contributed by atoms with Crippen molar-refractivity contribution in [1.29, 1.82) is 0 Å². The van der Waals surface area contributed by atoms with Crippen LogP contribution in [0.2, 0.25) is 0 Å². The van der Waals surface area contributed by atoms with Crippen molar-refractivity contribution in [2.24, 2.45) is 0 Å². The molecule has 0 amide bonds. The summed E-state index contributed by atoms with van der Waals surface area (Å²) in [6, 6.07) is 3.61. The summed E-state index contributed by atoms with van der Waals surface area (Å²) in [5.74, 6) is 0.991. The fraction of sp³-hybridized carbons (Fsp3) is 0.333. The Labute approximate surface area is 131 Å². The number of hydrogen-bond acceptors (Lipinski definition) is 7. The van der Waals surface area contributed by atoms with Crippen LogP contribution in [0.25, 0.3) is 22.4 Å². The van der Waals surface area contributed by atoms with Gasteiger partial charge in [0.25, 0.3) is 0 Å². The first kappa shape index (κ1) is 14.2. The number of nitrogen functional groups attached to an aromatic ring is 1. The number of ether oxygens (including phenoxy) is 1. The number of aliphatic hydroxyl groups is 2. The third-order valence-electron chi connectivity index (χ3n) is 4.12. The van der Waals surface area contributed by atoms with E-state index in [1.165, 1.54) is 6.33 Å². The van der Waals surface area contributed by atoms with Gasteiger partial charge in [-0.2, -0.15) is 0 Å². The van der Waals surface area contributed by atoms with Crippen molar-refractivity contribution >= 4 is 16.9 Å². The molecular weight excluding hydrogens is 300 g/mol. The molecule has 0 aromatic carbocycles. The van der Waals surface area contributed by atoms with Gasteiger partial charge in [0.05, 0.1) is 24.4 Å². The second kappa shape index (κ2) is 5.34. The maximum atomic E-state index is 9.96. The molecule has 4 rings (SSSR count). The number of furan rings is 1. The van der Waals surface area contributed by atoms with Gasteiger partial charge >= 0.3 is 0 Å². The molecule has 0 aliphatic carbocycles. The Bertz CT molecular complexity index is 829. The fourth-order valence-corrected chi connectivity index (χ4v) is 3.00. The van der Waals surface area contributed by atoms with Crippen LogP contribution in [0.4, 0.5) is 5.82 Å². The minimum Gasteiger partial charge on any atom is -0.464 e. The molecule has 0 bridgehead atoms. The van der Waals surface area contributed by atoms with Gasteiger partial charge in [0.15, 0.2) is 0 Å². The Kier molecular flexibility index (Phi) is 3.29. The summed E-state index contributed by atoms with van der Waals surface area (Å²) in [6.45, 7) is -0.237. The molecule has 120 valence electrons. The number of rotatable bonds is 3. The van der Waals surface area contributed by atoms with Gasteiger partial charge in [0.2, 0.25) is 0 Å². The zero-order valence-electron chi connectivity index (χ0n) is 12.2. The summed E-state index contributed by atoms with van der Waals surface area (Å²) in [6.07, 6.45) is 3.37. The second-order valence-electron chi connectivity index (χ2n) is 5.50. The molecule has 0 unspecified atom stereocenters. The van der Waals surface area contributed by atoms with Gasteiger partial charge in [-0.15, -0.1) is 0 Å². The molecule has 4 N–H and O–H groups in total. The van der Waals surface area contributed by atoms with E-state index >= 15 is 0 Å². The molecule has 1 aliphatic rings. The predicted molar refractivity (Wildman–Crippen MR) is 81.3 cm³/mol. The molecule has 3 atom stereocenters. The van der Waals surface area contributed by atoms with Gasteiger partial charge in [-0.05, 0) is 12.1 Å². The Balaban J connectivity index is 1.87. The van der Waals surface area contributed by atoms with Gasteiger partial charge in [-0.3, -0.25) is 0 Å².